The van der Waals surface area contributed by atoms with Gasteiger partial charge in [-0.25, -0.2) is 9.18 Å². The fraction of sp³-hybridized carbons (Fsp3) is 0.529. The summed E-state index contributed by atoms with van der Waals surface area (Å²) in [6.45, 7) is 8.24. The highest BCUT2D eigenvalue weighted by Gasteiger charge is 2.35. The molecule has 1 aliphatic heterocycles. The maximum Gasteiger partial charge on any atom is 0.317 e. The Morgan fingerprint density at radius 1 is 1.09 bits per heavy atom. The maximum atomic E-state index is 13.1. The first-order valence-electron chi connectivity index (χ1n) is 7.94. The van der Waals surface area contributed by atoms with E-state index >= 15 is 0 Å². The number of rotatable bonds is 3. The number of nitrogens with one attached hydrogen (secondary N) is 1. The Kier molecular flexibility index (Phi) is 5.23. The number of piperazine rings is 1. The van der Waals surface area contributed by atoms with Crippen molar-refractivity contribution in [1.82, 2.24) is 15.1 Å². The molecule has 0 radical (unpaired) electrons. The molecule has 0 saturated carbocycles. The van der Waals surface area contributed by atoms with Crippen molar-refractivity contribution in [3.63, 3.8) is 0 Å². The number of benzene rings is 1. The van der Waals surface area contributed by atoms with E-state index in [1.54, 1.807) is 21.9 Å². The summed E-state index contributed by atoms with van der Waals surface area (Å²) in [7, 11) is 0. The monoisotopic (exact) mass is 321 g/mol. The molecule has 23 heavy (non-hydrogen) atoms. The zero-order valence-electron chi connectivity index (χ0n) is 13.9. The molecular formula is C17H24FN3O2. The lowest BCUT2D eigenvalue weighted by molar-refractivity contribution is -0.137. The second-order valence-electron chi connectivity index (χ2n) is 6.25. The molecule has 1 fully saturated rings. The summed E-state index contributed by atoms with van der Waals surface area (Å²) >= 11 is 0. The van der Waals surface area contributed by atoms with Crippen LogP contribution in [-0.2, 0) is 10.2 Å². The van der Waals surface area contributed by atoms with Crippen LogP contribution in [0.4, 0.5) is 9.18 Å². The molecular weight excluding hydrogens is 297 g/mol. The largest absolute Gasteiger partial charge is 0.338 e. The van der Waals surface area contributed by atoms with Crippen LogP contribution in [0.3, 0.4) is 0 Å². The van der Waals surface area contributed by atoms with Crippen LogP contribution in [0, 0.1) is 5.82 Å². The van der Waals surface area contributed by atoms with Crippen LogP contribution in [0.5, 0.6) is 0 Å². The summed E-state index contributed by atoms with van der Waals surface area (Å²) < 4.78 is 13.1. The number of amides is 3. The van der Waals surface area contributed by atoms with Gasteiger partial charge in [0.1, 0.15) is 5.82 Å². The smallest absolute Gasteiger partial charge is 0.317 e. The highest BCUT2D eigenvalue weighted by molar-refractivity contribution is 5.87. The van der Waals surface area contributed by atoms with Crippen molar-refractivity contribution in [2.24, 2.45) is 0 Å². The fourth-order valence-electron chi connectivity index (χ4n) is 2.76. The van der Waals surface area contributed by atoms with Gasteiger partial charge in [0.2, 0.25) is 5.91 Å². The molecule has 1 aliphatic rings. The van der Waals surface area contributed by atoms with Gasteiger partial charge >= 0.3 is 6.03 Å². The average molecular weight is 321 g/mol. The van der Waals surface area contributed by atoms with Gasteiger partial charge in [-0.1, -0.05) is 12.1 Å². The lowest BCUT2D eigenvalue weighted by Crippen LogP contribution is -2.56. The number of hydrogen-bond acceptors (Lipinski definition) is 2. The fourth-order valence-corrected chi connectivity index (χ4v) is 2.76. The number of hydrogen-bond donors (Lipinski definition) is 1. The Labute approximate surface area is 136 Å². The molecule has 2 rings (SSSR count). The van der Waals surface area contributed by atoms with E-state index in [4.69, 9.17) is 0 Å². The Balaban J connectivity index is 2.01. The normalized spacial score (nSPS) is 15.5. The van der Waals surface area contributed by atoms with E-state index in [-0.39, 0.29) is 17.8 Å². The van der Waals surface area contributed by atoms with Crippen molar-refractivity contribution in [2.45, 2.75) is 26.2 Å². The number of halogens is 1. The van der Waals surface area contributed by atoms with Gasteiger partial charge in [0.25, 0.3) is 0 Å². The van der Waals surface area contributed by atoms with Crippen LogP contribution >= 0.6 is 0 Å². The topological polar surface area (TPSA) is 52.7 Å². The van der Waals surface area contributed by atoms with Gasteiger partial charge in [-0.05, 0) is 38.5 Å². The molecule has 5 nitrogen and oxygen atoms in total. The standard InChI is InChI=1S/C17H24FN3O2/c1-4-19-16(23)21-11-9-20(10-12-21)15(22)17(2,3)13-5-7-14(18)8-6-13/h5-8H,4,9-12H2,1-3H3,(H,19,23). The van der Waals surface area contributed by atoms with Crippen molar-refractivity contribution >= 4 is 11.9 Å². The number of carbonyl (C=O) groups excluding carboxylic acids is 2. The van der Waals surface area contributed by atoms with Gasteiger partial charge in [0.05, 0.1) is 5.41 Å². The first kappa shape index (κ1) is 17.2. The van der Waals surface area contributed by atoms with Crippen LogP contribution in [0.2, 0.25) is 0 Å². The molecule has 0 atom stereocenters. The molecule has 1 aromatic carbocycles. The van der Waals surface area contributed by atoms with Crippen LogP contribution in [-0.4, -0.2) is 54.5 Å². The van der Waals surface area contributed by atoms with Crippen molar-refractivity contribution < 1.29 is 14.0 Å². The van der Waals surface area contributed by atoms with Crippen LogP contribution in [0.1, 0.15) is 26.3 Å². The lowest BCUT2D eigenvalue weighted by Gasteiger charge is -2.38. The molecule has 1 heterocycles. The first-order valence-corrected chi connectivity index (χ1v) is 7.94. The molecule has 0 unspecified atom stereocenters. The van der Waals surface area contributed by atoms with Gasteiger partial charge < -0.3 is 15.1 Å². The van der Waals surface area contributed by atoms with E-state index in [0.717, 1.165) is 5.56 Å². The third-order valence-electron chi connectivity index (χ3n) is 4.28. The molecule has 3 amide bonds. The number of nitrogens with zero attached hydrogens (tertiary/aromatic N) is 2. The van der Waals surface area contributed by atoms with Gasteiger partial charge in [-0.2, -0.15) is 0 Å². The molecule has 0 aromatic heterocycles. The zero-order chi connectivity index (χ0) is 17.0. The highest BCUT2D eigenvalue weighted by atomic mass is 19.1. The quantitative estimate of drug-likeness (QED) is 0.925. The van der Waals surface area contributed by atoms with E-state index in [9.17, 15) is 14.0 Å². The molecule has 6 heteroatoms. The van der Waals surface area contributed by atoms with Crippen molar-refractivity contribution in [1.29, 1.82) is 0 Å². The van der Waals surface area contributed by atoms with Crippen LogP contribution < -0.4 is 5.32 Å². The summed E-state index contributed by atoms with van der Waals surface area (Å²) in [4.78, 5) is 28.1. The minimum Gasteiger partial charge on any atom is -0.338 e. The zero-order valence-corrected chi connectivity index (χ0v) is 13.9. The van der Waals surface area contributed by atoms with Gasteiger partial charge in [-0.3, -0.25) is 4.79 Å². The van der Waals surface area contributed by atoms with Crippen LogP contribution in [0.15, 0.2) is 24.3 Å². The van der Waals surface area contributed by atoms with Crippen molar-refractivity contribution in [2.75, 3.05) is 32.7 Å². The van der Waals surface area contributed by atoms with Crippen molar-refractivity contribution in [3.05, 3.63) is 35.6 Å². The molecule has 126 valence electrons. The summed E-state index contributed by atoms with van der Waals surface area (Å²) in [5.74, 6) is -0.313. The van der Waals surface area contributed by atoms with E-state index in [0.29, 0.717) is 32.7 Å². The number of carbonyl (C=O) groups is 2. The minimum atomic E-state index is -0.721. The summed E-state index contributed by atoms with van der Waals surface area (Å²) in [5, 5.41) is 2.77. The minimum absolute atomic E-state index is 0.000317. The van der Waals surface area contributed by atoms with E-state index in [1.165, 1.54) is 12.1 Å². The van der Waals surface area contributed by atoms with Gasteiger partial charge in [0.15, 0.2) is 0 Å². The second kappa shape index (κ2) is 6.98. The second-order valence-corrected chi connectivity index (χ2v) is 6.25. The third-order valence-corrected chi connectivity index (χ3v) is 4.28. The molecule has 1 aromatic rings. The molecule has 0 aliphatic carbocycles. The van der Waals surface area contributed by atoms with Crippen molar-refractivity contribution in [3.8, 4) is 0 Å². The Hall–Kier alpha value is -2.11. The third kappa shape index (κ3) is 3.81. The molecule has 1 N–H and O–H groups in total. The molecule has 1 saturated heterocycles. The SMILES string of the molecule is CCNC(=O)N1CCN(C(=O)C(C)(C)c2ccc(F)cc2)CC1. The predicted molar refractivity (Wildman–Crippen MR) is 86.7 cm³/mol. The Bertz CT molecular complexity index is 564. The highest BCUT2D eigenvalue weighted by Crippen LogP contribution is 2.26. The molecule has 0 spiro atoms. The Morgan fingerprint density at radius 3 is 2.13 bits per heavy atom. The van der Waals surface area contributed by atoms with Gasteiger partial charge in [-0.15, -0.1) is 0 Å². The van der Waals surface area contributed by atoms with Crippen LogP contribution in [0.25, 0.3) is 0 Å². The number of urea groups is 1. The van der Waals surface area contributed by atoms with E-state index in [1.807, 2.05) is 20.8 Å². The summed E-state index contributed by atoms with van der Waals surface area (Å²) in [6, 6.07) is 5.96. The maximum absolute atomic E-state index is 13.1. The average Bonchev–Trinajstić information content (AvgIpc) is 2.55. The lowest BCUT2D eigenvalue weighted by atomic mass is 9.83. The predicted octanol–water partition coefficient (Wildman–Crippen LogP) is 1.98. The van der Waals surface area contributed by atoms with E-state index < -0.39 is 5.41 Å². The first-order chi connectivity index (χ1) is 10.9. The van der Waals surface area contributed by atoms with E-state index in [2.05, 4.69) is 5.32 Å². The van der Waals surface area contributed by atoms with Gasteiger partial charge in [0, 0.05) is 32.7 Å². The Morgan fingerprint density at radius 2 is 1.61 bits per heavy atom. The summed E-state index contributed by atoms with van der Waals surface area (Å²) in [5.41, 5.74) is 0.0664. The summed E-state index contributed by atoms with van der Waals surface area (Å²) in [6.07, 6.45) is 0. The molecule has 0 bridgehead atoms.